The van der Waals surface area contributed by atoms with Crippen molar-refractivity contribution in [1.82, 2.24) is 9.88 Å². The van der Waals surface area contributed by atoms with E-state index >= 15 is 0 Å². The fraction of sp³-hybridized carbons (Fsp3) is 0.364. The van der Waals surface area contributed by atoms with Crippen LogP contribution in [-0.4, -0.2) is 64.9 Å². The Morgan fingerprint density at radius 1 is 1.24 bits per heavy atom. The first kappa shape index (κ1) is 34.8. The number of aliphatic hydroxyl groups excluding tert-OH is 2. The van der Waals surface area contributed by atoms with Gasteiger partial charge in [0, 0.05) is 40.0 Å². The van der Waals surface area contributed by atoms with Gasteiger partial charge in [-0.15, -0.1) is 24.4 Å². The van der Waals surface area contributed by atoms with E-state index in [9.17, 15) is 9.90 Å². The van der Waals surface area contributed by atoms with Gasteiger partial charge in [0.15, 0.2) is 0 Å². The minimum atomic E-state index is -0.914. The van der Waals surface area contributed by atoms with Gasteiger partial charge >= 0.3 is 0 Å². The number of hydrogen-bond acceptors (Lipinski definition) is 5. The smallest absolute Gasteiger partial charge is 0.210 e. The van der Waals surface area contributed by atoms with Crippen molar-refractivity contribution in [2.45, 2.75) is 50.6 Å². The number of terminal acetylenes is 1. The summed E-state index contributed by atoms with van der Waals surface area (Å²) in [5, 5.41) is 20.2. The number of aromatic amines is 1. The largest absolute Gasteiger partial charge is 0.501 e. The number of fused-ring (bicyclic) bond motifs is 3. The molecule has 0 spiro atoms. The van der Waals surface area contributed by atoms with Gasteiger partial charge in [-0.3, -0.25) is 4.79 Å². The Morgan fingerprint density at radius 3 is 2.55 bits per heavy atom. The number of aromatic nitrogens is 1. The standard InChI is InChI=1S/C22H23ClN2O4.C9H15ClO.C2H2/c23-15-5-8-20-19(10-15)18-2-1-9-25(13-27)22(21(18)24-20)14-3-6-17(7-4-14)29-12-16(28)11-26;1-4-9(11-3)7-5-6-8(2)10;1-2/h3-8,10,13,16,22,24,26,28H,1-2,9,11-12H2;4-6,8H,7H2,1-3H3;1-2H/b;6-5-,9-4+;. The number of aryl methyl sites for hydroxylation is 1. The average Bonchev–Trinajstić information content (AvgIpc) is 3.24. The fourth-order valence-corrected chi connectivity index (χ4v) is 4.91. The molecule has 1 aliphatic rings. The van der Waals surface area contributed by atoms with Gasteiger partial charge in [0.25, 0.3) is 0 Å². The van der Waals surface area contributed by atoms with E-state index < -0.39 is 6.10 Å². The molecule has 226 valence electrons. The Labute approximate surface area is 258 Å². The van der Waals surface area contributed by atoms with E-state index in [4.69, 9.17) is 37.8 Å². The molecule has 2 heterocycles. The summed E-state index contributed by atoms with van der Waals surface area (Å²) in [5.74, 6) is 1.56. The van der Waals surface area contributed by atoms with E-state index in [1.54, 1.807) is 7.11 Å². The van der Waals surface area contributed by atoms with Crippen LogP contribution in [0.25, 0.3) is 10.9 Å². The molecule has 1 aromatic heterocycles. The number of H-pyrrole nitrogens is 1. The van der Waals surface area contributed by atoms with E-state index in [0.717, 1.165) is 53.6 Å². The van der Waals surface area contributed by atoms with Gasteiger partial charge < -0.3 is 29.6 Å². The highest BCUT2D eigenvalue weighted by atomic mass is 35.5. The first-order valence-corrected chi connectivity index (χ1v) is 14.5. The Balaban J connectivity index is 0.000000403. The maximum atomic E-state index is 11.9. The van der Waals surface area contributed by atoms with E-state index in [-0.39, 0.29) is 24.6 Å². The first-order chi connectivity index (χ1) is 20.3. The maximum Gasteiger partial charge on any atom is 0.210 e. The van der Waals surface area contributed by atoms with Crippen molar-refractivity contribution in [2.75, 3.05) is 26.9 Å². The summed E-state index contributed by atoms with van der Waals surface area (Å²) in [6.45, 7) is 4.23. The predicted octanol–water partition coefficient (Wildman–Crippen LogP) is 6.41. The second-order valence-corrected chi connectivity index (χ2v) is 10.7. The summed E-state index contributed by atoms with van der Waals surface area (Å²) in [6.07, 6.45) is 16.5. The number of nitrogens with one attached hydrogen (secondary N) is 1. The number of methoxy groups -OCH3 is 1. The van der Waals surface area contributed by atoms with E-state index in [0.29, 0.717) is 17.3 Å². The van der Waals surface area contributed by atoms with Crippen molar-refractivity contribution < 1.29 is 24.5 Å². The molecule has 42 heavy (non-hydrogen) atoms. The summed E-state index contributed by atoms with van der Waals surface area (Å²) >= 11 is 11.9. The Kier molecular flexibility index (Phi) is 15.1. The lowest BCUT2D eigenvalue weighted by molar-refractivity contribution is -0.119. The number of amides is 1. The summed E-state index contributed by atoms with van der Waals surface area (Å²) in [7, 11) is 1.67. The van der Waals surface area contributed by atoms with Crippen molar-refractivity contribution in [1.29, 1.82) is 0 Å². The van der Waals surface area contributed by atoms with Gasteiger partial charge in [0.1, 0.15) is 18.5 Å². The van der Waals surface area contributed by atoms with Gasteiger partial charge in [-0.05, 0) is 74.2 Å². The Morgan fingerprint density at radius 2 is 1.95 bits per heavy atom. The van der Waals surface area contributed by atoms with Crippen molar-refractivity contribution in [2.24, 2.45) is 0 Å². The molecule has 1 aliphatic heterocycles. The van der Waals surface area contributed by atoms with Crippen LogP contribution < -0.4 is 4.74 Å². The zero-order chi connectivity index (χ0) is 31.1. The van der Waals surface area contributed by atoms with Crippen molar-refractivity contribution in [3.8, 4) is 18.6 Å². The molecule has 0 fully saturated rings. The number of alkyl halides is 1. The number of aliphatic hydroxyl groups is 2. The third-order valence-corrected chi connectivity index (χ3v) is 7.02. The second kappa shape index (κ2) is 18.2. The van der Waals surface area contributed by atoms with Crippen LogP contribution in [0, 0.1) is 12.8 Å². The lowest BCUT2D eigenvalue weighted by atomic mass is 9.98. The summed E-state index contributed by atoms with van der Waals surface area (Å²) in [5.41, 5.74) is 4.18. The number of nitrogens with zero attached hydrogens (tertiary/aromatic N) is 1. The number of allylic oxidation sites excluding steroid dienone is 3. The van der Waals surface area contributed by atoms with Crippen LogP contribution >= 0.6 is 23.2 Å². The second-order valence-electron chi connectivity index (χ2n) is 9.54. The van der Waals surface area contributed by atoms with Gasteiger partial charge in [0.2, 0.25) is 6.41 Å². The average molecular weight is 616 g/mol. The number of halogens is 2. The molecular weight excluding hydrogens is 575 g/mol. The highest BCUT2D eigenvalue weighted by Crippen LogP contribution is 2.38. The third-order valence-electron chi connectivity index (χ3n) is 6.64. The highest BCUT2D eigenvalue weighted by Gasteiger charge is 2.29. The molecule has 3 N–H and O–H groups in total. The van der Waals surface area contributed by atoms with Gasteiger partial charge in [-0.2, -0.15) is 0 Å². The van der Waals surface area contributed by atoms with Crippen LogP contribution in [0.3, 0.4) is 0 Å². The summed E-state index contributed by atoms with van der Waals surface area (Å²) in [4.78, 5) is 17.2. The molecule has 4 rings (SSSR count). The molecule has 1 amide bonds. The summed E-state index contributed by atoms with van der Waals surface area (Å²) in [6, 6.07) is 13.1. The van der Waals surface area contributed by atoms with Crippen LogP contribution in [0.2, 0.25) is 5.02 Å². The molecule has 0 aliphatic carbocycles. The van der Waals surface area contributed by atoms with Gasteiger partial charge in [-0.1, -0.05) is 35.9 Å². The van der Waals surface area contributed by atoms with Crippen LogP contribution in [0.1, 0.15) is 49.6 Å². The third kappa shape index (κ3) is 9.85. The summed E-state index contributed by atoms with van der Waals surface area (Å²) < 4.78 is 10.5. The lowest BCUT2D eigenvalue weighted by Crippen LogP contribution is -2.28. The number of carbonyl (C=O) groups is 1. The molecule has 3 aromatic rings. The van der Waals surface area contributed by atoms with Crippen LogP contribution in [-0.2, 0) is 16.0 Å². The Hall–Kier alpha value is -3.41. The zero-order valence-corrected chi connectivity index (χ0v) is 25.8. The van der Waals surface area contributed by atoms with Crippen LogP contribution in [0.5, 0.6) is 5.75 Å². The Bertz CT molecular complexity index is 1330. The number of carbonyl (C=O) groups excluding carboxylic acids is 1. The molecule has 9 heteroatoms. The topological polar surface area (TPSA) is 95.0 Å². The van der Waals surface area contributed by atoms with E-state index in [1.807, 2.05) is 79.4 Å². The molecule has 0 bridgehead atoms. The molecule has 0 radical (unpaired) electrons. The first-order valence-electron chi connectivity index (χ1n) is 13.7. The normalized spacial score (nSPS) is 16.3. The van der Waals surface area contributed by atoms with E-state index in [2.05, 4.69) is 17.8 Å². The number of benzene rings is 2. The maximum absolute atomic E-state index is 11.9. The lowest BCUT2D eigenvalue weighted by Gasteiger charge is -2.27. The fourth-order valence-electron chi connectivity index (χ4n) is 4.63. The van der Waals surface area contributed by atoms with Crippen LogP contribution in [0.4, 0.5) is 0 Å². The molecule has 0 saturated carbocycles. The quantitative estimate of drug-likeness (QED) is 0.0806. The number of ether oxygens (including phenoxy) is 2. The number of rotatable bonds is 10. The number of hydrogen-bond donors (Lipinski definition) is 3. The molecule has 3 atom stereocenters. The molecule has 7 nitrogen and oxygen atoms in total. The molecule has 2 aromatic carbocycles. The van der Waals surface area contributed by atoms with Crippen molar-refractivity contribution in [3.63, 3.8) is 0 Å². The minimum Gasteiger partial charge on any atom is -0.501 e. The van der Waals surface area contributed by atoms with Gasteiger partial charge in [0.05, 0.1) is 25.5 Å². The zero-order valence-electron chi connectivity index (χ0n) is 24.3. The van der Waals surface area contributed by atoms with Crippen LogP contribution in [0.15, 0.2) is 66.5 Å². The van der Waals surface area contributed by atoms with Crippen molar-refractivity contribution >= 4 is 40.5 Å². The monoisotopic (exact) mass is 614 g/mol. The highest BCUT2D eigenvalue weighted by molar-refractivity contribution is 6.31. The van der Waals surface area contributed by atoms with Gasteiger partial charge in [-0.25, -0.2) is 0 Å². The minimum absolute atomic E-state index is 0.0205. The molecule has 3 unspecified atom stereocenters. The van der Waals surface area contributed by atoms with Crippen molar-refractivity contribution in [3.05, 3.63) is 88.3 Å². The SMILES string of the molecule is C#C.C/C=C(\C/C=C\C(C)Cl)OC.O=CN1CCCc2c([nH]c3ccc(Cl)cc23)C1c1ccc(OCC(O)CO)cc1. The van der Waals surface area contributed by atoms with E-state index in [1.165, 1.54) is 5.56 Å². The predicted molar refractivity (Wildman–Crippen MR) is 171 cm³/mol. The molecule has 0 saturated heterocycles. The molecular formula is C33H40Cl2N2O5.